The topological polar surface area (TPSA) is 108 Å². The first kappa shape index (κ1) is 35.8. The van der Waals surface area contributed by atoms with Crippen LogP contribution in [0.15, 0.2) is 48.5 Å². The van der Waals surface area contributed by atoms with Crippen molar-refractivity contribution in [1.82, 2.24) is 9.80 Å². The number of benzene rings is 2. The molecule has 0 bridgehead atoms. The van der Waals surface area contributed by atoms with Gasteiger partial charge in [-0.2, -0.15) is 13.2 Å². The molecule has 3 amide bonds. The minimum Gasteiger partial charge on any atom is -0.490 e. The molecule has 0 saturated carbocycles. The van der Waals surface area contributed by atoms with Gasteiger partial charge in [-0.05, 0) is 63.4 Å². The zero-order valence-corrected chi connectivity index (χ0v) is 26.3. The molecule has 4 atom stereocenters. The predicted molar refractivity (Wildman–Crippen MR) is 164 cm³/mol. The highest BCUT2D eigenvalue weighted by atomic mass is 19.4. The second kappa shape index (κ2) is 16.6. The summed E-state index contributed by atoms with van der Waals surface area (Å²) in [6.45, 7) is 5.61. The lowest BCUT2D eigenvalue weighted by Crippen LogP contribution is -2.48. The molecule has 2 N–H and O–H groups in total. The number of aliphatic hydroxyl groups is 1. The Kier molecular flexibility index (Phi) is 13.2. The standard InChI is InChI=1S/C33H44F3N3O6/c1-22-19-39(23(2)21-40)32(43)27-18-26(37-31(42)25-11-6-5-7-12-25)13-14-28(27)45-24(3)10-8-9-17-44-29(22)20-38(4)30(41)15-16-33(34,35)36/h5-7,11-14,18,22-24,29,40H,8-10,15-17,19-21H2,1-4H3,(H,37,42)/t22-,23-,24+,29+/m1/s1. The Morgan fingerprint density at radius 3 is 2.51 bits per heavy atom. The Morgan fingerprint density at radius 1 is 1.13 bits per heavy atom. The van der Waals surface area contributed by atoms with Crippen LogP contribution >= 0.6 is 0 Å². The second-order valence-electron chi connectivity index (χ2n) is 11.7. The van der Waals surface area contributed by atoms with E-state index in [9.17, 15) is 32.7 Å². The van der Waals surface area contributed by atoms with Gasteiger partial charge in [0.15, 0.2) is 0 Å². The zero-order chi connectivity index (χ0) is 33.1. The number of rotatable bonds is 8. The number of ether oxygens (including phenoxy) is 2. The number of nitrogens with zero attached hydrogens (tertiary/aromatic N) is 2. The molecule has 248 valence electrons. The van der Waals surface area contributed by atoms with Gasteiger partial charge in [0.2, 0.25) is 5.91 Å². The maximum Gasteiger partial charge on any atom is 0.389 e. The van der Waals surface area contributed by atoms with Crippen LogP contribution in [0.1, 0.15) is 73.6 Å². The van der Waals surface area contributed by atoms with Crippen molar-refractivity contribution < 1.29 is 42.1 Å². The third-order valence-electron chi connectivity index (χ3n) is 7.85. The van der Waals surface area contributed by atoms with Gasteiger partial charge in [0.05, 0.1) is 36.8 Å². The Balaban J connectivity index is 1.91. The van der Waals surface area contributed by atoms with Crippen molar-refractivity contribution >= 4 is 23.4 Å². The molecule has 12 heteroatoms. The molecule has 0 aromatic heterocycles. The van der Waals surface area contributed by atoms with Gasteiger partial charge in [-0.3, -0.25) is 14.4 Å². The lowest BCUT2D eigenvalue weighted by molar-refractivity contribution is -0.149. The molecule has 0 unspecified atom stereocenters. The summed E-state index contributed by atoms with van der Waals surface area (Å²) in [4.78, 5) is 42.3. The predicted octanol–water partition coefficient (Wildman–Crippen LogP) is 5.54. The molecular weight excluding hydrogens is 591 g/mol. The average molecular weight is 636 g/mol. The van der Waals surface area contributed by atoms with E-state index in [4.69, 9.17) is 9.47 Å². The zero-order valence-electron chi connectivity index (χ0n) is 26.3. The molecule has 45 heavy (non-hydrogen) atoms. The van der Waals surface area contributed by atoms with Crippen molar-refractivity contribution in [2.75, 3.05) is 38.7 Å². The normalized spacial score (nSPS) is 20.8. The molecule has 3 rings (SSSR count). The molecule has 9 nitrogen and oxygen atoms in total. The molecule has 0 spiro atoms. The number of alkyl halides is 3. The molecule has 1 aliphatic rings. The van der Waals surface area contributed by atoms with Crippen LogP contribution in [-0.2, 0) is 9.53 Å². The van der Waals surface area contributed by atoms with Crippen molar-refractivity contribution in [2.45, 2.75) is 77.3 Å². The summed E-state index contributed by atoms with van der Waals surface area (Å²) in [6, 6.07) is 12.9. The van der Waals surface area contributed by atoms with E-state index in [1.807, 2.05) is 13.8 Å². The van der Waals surface area contributed by atoms with Crippen LogP contribution in [0.5, 0.6) is 5.75 Å². The van der Waals surface area contributed by atoms with Crippen LogP contribution < -0.4 is 10.1 Å². The number of likely N-dealkylation sites (N-methyl/N-ethyl adjacent to an activating group) is 1. The van der Waals surface area contributed by atoms with E-state index in [2.05, 4.69) is 5.32 Å². The molecule has 0 aliphatic carbocycles. The SMILES string of the molecule is C[C@@H]1CN([C@H](C)CO)C(=O)c2cc(NC(=O)c3ccccc3)ccc2O[C@@H](C)CCCCO[C@H]1CN(C)C(=O)CCC(F)(F)F. The highest BCUT2D eigenvalue weighted by molar-refractivity contribution is 6.05. The van der Waals surface area contributed by atoms with Crippen LogP contribution in [0.3, 0.4) is 0 Å². The Labute approximate surface area is 262 Å². The third-order valence-corrected chi connectivity index (χ3v) is 7.85. The van der Waals surface area contributed by atoms with Crippen molar-refractivity contribution in [1.29, 1.82) is 0 Å². The van der Waals surface area contributed by atoms with Gasteiger partial charge in [-0.1, -0.05) is 25.1 Å². The van der Waals surface area contributed by atoms with Crippen LogP contribution in [0.4, 0.5) is 18.9 Å². The summed E-state index contributed by atoms with van der Waals surface area (Å²) in [5.41, 5.74) is 1.04. The minimum atomic E-state index is -4.44. The Bertz CT molecular complexity index is 1280. The van der Waals surface area contributed by atoms with Crippen LogP contribution in [0.2, 0.25) is 0 Å². The number of carbonyl (C=O) groups excluding carboxylic acids is 3. The summed E-state index contributed by atoms with van der Waals surface area (Å²) in [5, 5.41) is 12.9. The van der Waals surface area contributed by atoms with Gasteiger partial charge in [-0.25, -0.2) is 0 Å². The molecular formula is C33H44F3N3O6. The molecule has 1 heterocycles. The fourth-order valence-corrected chi connectivity index (χ4v) is 5.07. The first-order valence-electron chi connectivity index (χ1n) is 15.3. The number of aliphatic hydroxyl groups excluding tert-OH is 1. The lowest BCUT2D eigenvalue weighted by atomic mass is 10.0. The molecule has 0 fully saturated rings. The number of anilines is 1. The van der Waals surface area contributed by atoms with E-state index in [-0.39, 0.29) is 43.2 Å². The van der Waals surface area contributed by atoms with Gasteiger partial charge in [0, 0.05) is 50.3 Å². The molecule has 0 saturated heterocycles. The summed E-state index contributed by atoms with van der Waals surface area (Å²) in [7, 11) is 1.44. The Morgan fingerprint density at radius 2 is 1.84 bits per heavy atom. The van der Waals surface area contributed by atoms with Gasteiger partial charge < -0.3 is 29.7 Å². The van der Waals surface area contributed by atoms with Crippen molar-refractivity contribution in [3.05, 3.63) is 59.7 Å². The molecule has 2 aromatic carbocycles. The summed E-state index contributed by atoms with van der Waals surface area (Å²) in [6.07, 6.45) is -5.03. The highest BCUT2D eigenvalue weighted by Gasteiger charge is 2.32. The highest BCUT2D eigenvalue weighted by Crippen LogP contribution is 2.29. The third kappa shape index (κ3) is 11.0. The molecule has 1 aliphatic heterocycles. The number of nitrogens with one attached hydrogen (secondary N) is 1. The van der Waals surface area contributed by atoms with E-state index in [1.54, 1.807) is 55.5 Å². The van der Waals surface area contributed by atoms with Crippen molar-refractivity contribution in [3.63, 3.8) is 0 Å². The van der Waals surface area contributed by atoms with Crippen LogP contribution in [0.25, 0.3) is 0 Å². The first-order valence-corrected chi connectivity index (χ1v) is 15.3. The number of carbonyl (C=O) groups is 3. The van der Waals surface area contributed by atoms with E-state index in [0.29, 0.717) is 36.4 Å². The fourth-order valence-electron chi connectivity index (χ4n) is 5.07. The maximum atomic E-state index is 14.2. The van der Waals surface area contributed by atoms with Crippen LogP contribution in [-0.4, -0.2) is 90.4 Å². The van der Waals surface area contributed by atoms with Crippen molar-refractivity contribution in [3.8, 4) is 5.75 Å². The van der Waals surface area contributed by atoms with Gasteiger partial charge in [-0.15, -0.1) is 0 Å². The van der Waals surface area contributed by atoms with Crippen molar-refractivity contribution in [2.24, 2.45) is 5.92 Å². The fraction of sp³-hybridized carbons (Fsp3) is 0.545. The lowest BCUT2D eigenvalue weighted by Gasteiger charge is -2.36. The van der Waals surface area contributed by atoms with E-state index in [0.717, 1.165) is 6.42 Å². The largest absolute Gasteiger partial charge is 0.490 e. The average Bonchev–Trinajstić information content (AvgIpc) is 3.01. The van der Waals surface area contributed by atoms with E-state index in [1.165, 1.54) is 16.8 Å². The number of hydrogen-bond donors (Lipinski definition) is 2. The second-order valence-corrected chi connectivity index (χ2v) is 11.7. The summed E-state index contributed by atoms with van der Waals surface area (Å²) in [5.74, 6) is -1.46. The monoisotopic (exact) mass is 635 g/mol. The summed E-state index contributed by atoms with van der Waals surface area (Å²) < 4.78 is 50.5. The Hall–Kier alpha value is -3.64. The van der Waals surface area contributed by atoms with Gasteiger partial charge >= 0.3 is 6.18 Å². The molecule has 0 radical (unpaired) electrons. The maximum absolute atomic E-state index is 14.2. The number of amides is 3. The minimum absolute atomic E-state index is 0.0408. The number of halogens is 3. The smallest absolute Gasteiger partial charge is 0.389 e. The number of fused-ring (bicyclic) bond motifs is 1. The van der Waals surface area contributed by atoms with E-state index >= 15 is 0 Å². The molecule has 2 aromatic rings. The quantitative estimate of drug-likeness (QED) is 0.395. The first-order chi connectivity index (χ1) is 21.3. The van der Waals surface area contributed by atoms with Crippen LogP contribution in [0, 0.1) is 5.92 Å². The number of hydrogen-bond acceptors (Lipinski definition) is 6. The van der Waals surface area contributed by atoms with E-state index < -0.39 is 43.0 Å². The van der Waals surface area contributed by atoms with Gasteiger partial charge in [0.1, 0.15) is 5.75 Å². The van der Waals surface area contributed by atoms with Gasteiger partial charge in [0.25, 0.3) is 11.8 Å². The summed E-state index contributed by atoms with van der Waals surface area (Å²) >= 11 is 0.